The summed E-state index contributed by atoms with van der Waals surface area (Å²) in [6.45, 7) is 0.839. The van der Waals surface area contributed by atoms with Crippen molar-refractivity contribution >= 4 is 23.7 Å². The van der Waals surface area contributed by atoms with Crippen LogP contribution >= 0.6 is 0 Å². The second kappa shape index (κ2) is 6.93. The van der Waals surface area contributed by atoms with Gasteiger partial charge in [-0.1, -0.05) is 0 Å². The lowest BCUT2D eigenvalue weighted by molar-refractivity contribution is -0.143. The number of rotatable bonds is 3. The molecule has 1 fully saturated rings. The number of nitrogens with one attached hydrogen (secondary N) is 1. The van der Waals surface area contributed by atoms with E-state index in [1.54, 1.807) is 29.2 Å². The van der Waals surface area contributed by atoms with Crippen molar-refractivity contribution in [1.82, 2.24) is 4.90 Å². The number of carboxylic acid groups (broad SMARTS) is 1. The fraction of sp³-hybridized carbons (Fsp3) is 0.400. The molecule has 0 atom stereocenters. The molecule has 0 spiro atoms. The minimum absolute atomic E-state index is 0.269. The molecule has 0 unspecified atom stereocenters. The molecular formula is C15H18N2O5. The highest BCUT2D eigenvalue weighted by molar-refractivity contribution is 5.92. The highest BCUT2D eigenvalue weighted by Crippen LogP contribution is 2.18. The average Bonchev–Trinajstić information content (AvgIpc) is 2.54. The van der Waals surface area contributed by atoms with Gasteiger partial charge in [-0.2, -0.15) is 0 Å². The number of carbonyl (C=O) groups excluding carboxylic acids is 2. The minimum atomic E-state index is -0.807. The van der Waals surface area contributed by atoms with Crippen LogP contribution in [0.3, 0.4) is 0 Å². The van der Waals surface area contributed by atoms with Crippen LogP contribution in [0, 0.1) is 5.92 Å². The van der Waals surface area contributed by atoms with E-state index in [9.17, 15) is 14.4 Å². The molecule has 0 bridgehead atoms. The van der Waals surface area contributed by atoms with E-state index < -0.39 is 11.9 Å². The van der Waals surface area contributed by atoms with Crippen molar-refractivity contribution in [2.24, 2.45) is 5.92 Å². The number of carboxylic acids is 1. The summed E-state index contributed by atoms with van der Waals surface area (Å²) in [5.41, 5.74) is 0.973. The molecule has 2 N–H and O–H groups in total. The number of hydrogen-bond donors (Lipinski definition) is 2. The number of urea groups is 1. The number of piperidine rings is 1. The van der Waals surface area contributed by atoms with Crippen molar-refractivity contribution in [3.8, 4) is 0 Å². The Morgan fingerprint density at radius 3 is 2.27 bits per heavy atom. The van der Waals surface area contributed by atoms with Gasteiger partial charge in [0.25, 0.3) is 0 Å². The fourth-order valence-corrected chi connectivity index (χ4v) is 2.34. The highest BCUT2D eigenvalue weighted by atomic mass is 16.5. The van der Waals surface area contributed by atoms with Crippen LogP contribution in [0.1, 0.15) is 23.2 Å². The van der Waals surface area contributed by atoms with E-state index in [2.05, 4.69) is 10.1 Å². The zero-order valence-corrected chi connectivity index (χ0v) is 12.2. The van der Waals surface area contributed by atoms with E-state index in [4.69, 9.17) is 5.11 Å². The molecule has 1 saturated heterocycles. The van der Waals surface area contributed by atoms with E-state index in [0.717, 1.165) is 0 Å². The number of nitrogens with zero attached hydrogens (tertiary/aromatic N) is 1. The summed E-state index contributed by atoms with van der Waals surface area (Å²) in [6, 6.07) is 6.10. The second-order valence-electron chi connectivity index (χ2n) is 5.10. The lowest BCUT2D eigenvalue weighted by Crippen LogP contribution is -2.42. The minimum Gasteiger partial charge on any atom is -0.481 e. The van der Waals surface area contributed by atoms with Gasteiger partial charge in [-0.15, -0.1) is 0 Å². The van der Waals surface area contributed by atoms with E-state index in [1.807, 2.05) is 0 Å². The molecule has 22 heavy (non-hydrogen) atoms. The summed E-state index contributed by atoms with van der Waals surface area (Å²) in [6.07, 6.45) is 0.925. The molecule has 1 heterocycles. The third-order valence-corrected chi connectivity index (χ3v) is 3.69. The first-order valence-corrected chi connectivity index (χ1v) is 6.98. The Labute approximate surface area is 127 Å². The van der Waals surface area contributed by atoms with Crippen LogP contribution in [0.2, 0.25) is 0 Å². The first-order valence-electron chi connectivity index (χ1n) is 6.98. The van der Waals surface area contributed by atoms with Crippen LogP contribution in [-0.2, 0) is 9.53 Å². The first-order chi connectivity index (χ1) is 10.5. The Bertz CT molecular complexity index is 562. The molecule has 118 valence electrons. The molecule has 0 aliphatic carbocycles. The number of methoxy groups -OCH3 is 1. The number of esters is 1. The SMILES string of the molecule is COC(=O)c1ccc(NC(=O)N2CCC(C(=O)O)CC2)cc1. The van der Waals surface area contributed by atoms with Crippen molar-refractivity contribution in [3.05, 3.63) is 29.8 Å². The first kappa shape index (κ1) is 15.8. The Balaban J connectivity index is 1.90. The fourth-order valence-electron chi connectivity index (χ4n) is 2.34. The van der Waals surface area contributed by atoms with Crippen molar-refractivity contribution in [2.75, 3.05) is 25.5 Å². The lowest BCUT2D eigenvalue weighted by Gasteiger charge is -2.30. The third kappa shape index (κ3) is 3.75. The van der Waals surface area contributed by atoms with E-state index >= 15 is 0 Å². The van der Waals surface area contributed by atoms with Gasteiger partial charge in [-0.05, 0) is 37.1 Å². The van der Waals surface area contributed by atoms with Gasteiger partial charge < -0.3 is 20.1 Å². The molecular weight excluding hydrogens is 288 g/mol. The predicted molar refractivity (Wildman–Crippen MR) is 78.7 cm³/mol. The lowest BCUT2D eigenvalue weighted by atomic mass is 9.97. The van der Waals surface area contributed by atoms with Crippen LogP contribution < -0.4 is 5.32 Å². The van der Waals surface area contributed by atoms with Gasteiger partial charge in [-0.25, -0.2) is 9.59 Å². The molecule has 0 aromatic heterocycles. The summed E-state index contributed by atoms with van der Waals surface area (Å²) < 4.78 is 4.60. The van der Waals surface area contributed by atoms with Gasteiger partial charge in [0.05, 0.1) is 18.6 Å². The predicted octanol–water partition coefficient (Wildman–Crippen LogP) is 1.80. The number of carbonyl (C=O) groups is 3. The number of ether oxygens (including phenoxy) is 1. The van der Waals surface area contributed by atoms with Crippen molar-refractivity contribution in [1.29, 1.82) is 0 Å². The Kier molecular flexibility index (Phi) is 4.98. The summed E-state index contributed by atoms with van der Waals surface area (Å²) in [5.74, 6) is -1.62. The van der Waals surface area contributed by atoms with Gasteiger partial charge in [0.15, 0.2) is 0 Å². The molecule has 0 saturated carbocycles. The van der Waals surface area contributed by atoms with Crippen LogP contribution in [0.5, 0.6) is 0 Å². The molecule has 1 aromatic carbocycles. The Morgan fingerprint density at radius 1 is 1.18 bits per heavy atom. The number of hydrogen-bond acceptors (Lipinski definition) is 4. The second-order valence-corrected chi connectivity index (χ2v) is 5.10. The molecule has 7 heteroatoms. The monoisotopic (exact) mass is 306 g/mol. The van der Waals surface area contributed by atoms with Gasteiger partial charge in [0, 0.05) is 18.8 Å². The molecule has 1 aliphatic rings. The zero-order valence-electron chi connectivity index (χ0n) is 12.2. The largest absolute Gasteiger partial charge is 0.481 e. The number of likely N-dealkylation sites (tertiary alicyclic amines) is 1. The maximum Gasteiger partial charge on any atom is 0.337 e. The molecule has 7 nitrogen and oxygen atoms in total. The third-order valence-electron chi connectivity index (χ3n) is 3.69. The number of anilines is 1. The van der Waals surface area contributed by atoms with E-state index in [-0.39, 0.29) is 11.9 Å². The zero-order chi connectivity index (χ0) is 16.1. The molecule has 2 rings (SSSR count). The Hall–Kier alpha value is -2.57. The Morgan fingerprint density at radius 2 is 1.77 bits per heavy atom. The smallest absolute Gasteiger partial charge is 0.337 e. The standard InChI is InChI=1S/C15H18N2O5/c1-22-14(20)11-2-4-12(5-3-11)16-15(21)17-8-6-10(7-9-17)13(18)19/h2-5,10H,6-9H2,1H3,(H,16,21)(H,18,19). The highest BCUT2D eigenvalue weighted by Gasteiger charge is 2.26. The molecule has 1 aliphatic heterocycles. The summed E-state index contributed by atoms with van der Waals surface area (Å²) >= 11 is 0. The maximum absolute atomic E-state index is 12.1. The normalized spacial score (nSPS) is 15.2. The number of benzene rings is 1. The molecule has 1 aromatic rings. The maximum atomic E-state index is 12.1. The van der Waals surface area contributed by atoms with Gasteiger partial charge in [0.1, 0.15) is 0 Å². The summed E-state index contributed by atoms with van der Waals surface area (Å²) in [4.78, 5) is 35.9. The summed E-state index contributed by atoms with van der Waals surface area (Å²) in [7, 11) is 1.30. The van der Waals surface area contributed by atoms with Crippen LogP contribution in [0.4, 0.5) is 10.5 Å². The molecule has 0 radical (unpaired) electrons. The average molecular weight is 306 g/mol. The van der Waals surface area contributed by atoms with Gasteiger partial charge >= 0.3 is 18.0 Å². The van der Waals surface area contributed by atoms with E-state index in [0.29, 0.717) is 37.2 Å². The quantitative estimate of drug-likeness (QED) is 0.830. The van der Waals surface area contributed by atoms with Crippen molar-refractivity contribution in [2.45, 2.75) is 12.8 Å². The van der Waals surface area contributed by atoms with Gasteiger partial charge in [0.2, 0.25) is 0 Å². The topological polar surface area (TPSA) is 95.9 Å². The number of aliphatic carboxylic acids is 1. The van der Waals surface area contributed by atoms with Crippen LogP contribution in [0.15, 0.2) is 24.3 Å². The van der Waals surface area contributed by atoms with Gasteiger partial charge in [-0.3, -0.25) is 4.79 Å². The summed E-state index contributed by atoms with van der Waals surface area (Å²) in [5, 5.41) is 11.7. The van der Waals surface area contributed by atoms with Crippen molar-refractivity contribution in [3.63, 3.8) is 0 Å². The van der Waals surface area contributed by atoms with Crippen LogP contribution in [0.25, 0.3) is 0 Å². The van der Waals surface area contributed by atoms with E-state index in [1.165, 1.54) is 7.11 Å². The van der Waals surface area contributed by atoms with Crippen LogP contribution in [-0.4, -0.2) is 48.2 Å². The molecule has 2 amide bonds. The number of amides is 2. The van der Waals surface area contributed by atoms with Crippen molar-refractivity contribution < 1.29 is 24.2 Å².